The van der Waals surface area contributed by atoms with E-state index in [-0.39, 0.29) is 0 Å². The summed E-state index contributed by atoms with van der Waals surface area (Å²) in [6.45, 7) is 3.60. The van der Waals surface area contributed by atoms with Crippen LogP contribution in [0.1, 0.15) is 11.4 Å². The van der Waals surface area contributed by atoms with Crippen molar-refractivity contribution < 1.29 is 9.90 Å². The molecule has 0 aliphatic carbocycles. The number of pyridine rings is 1. The molecule has 0 atom stereocenters. The van der Waals surface area contributed by atoms with Crippen molar-refractivity contribution in [3.8, 4) is 0 Å². The predicted octanol–water partition coefficient (Wildman–Crippen LogP) is 0.254. The highest BCUT2D eigenvalue weighted by Gasteiger charge is 2.11. The molecule has 2 heterocycles. The van der Waals surface area contributed by atoms with Gasteiger partial charge in [-0.05, 0) is 12.1 Å². The second-order valence-electron chi connectivity index (χ2n) is 4.24. The fourth-order valence-electron chi connectivity index (χ4n) is 1.89. The van der Waals surface area contributed by atoms with Gasteiger partial charge in [-0.2, -0.15) is 0 Å². The summed E-state index contributed by atoms with van der Waals surface area (Å²) in [5.41, 5.74) is 1.97. The number of carboxylic acid groups (broad SMARTS) is 1. The van der Waals surface area contributed by atoms with Crippen molar-refractivity contribution in [1.29, 1.82) is 0 Å². The number of amides is 1. The van der Waals surface area contributed by atoms with Crippen LogP contribution in [0.15, 0.2) is 18.2 Å². The van der Waals surface area contributed by atoms with Gasteiger partial charge in [0.15, 0.2) is 0 Å². The molecule has 2 bridgehead atoms. The maximum atomic E-state index is 11.0. The summed E-state index contributed by atoms with van der Waals surface area (Å²) in [6.07, 6.45) is -0.868. The first-order valence-electron chi connectivity index (χ1n) is 6.10. The Balaban J connectivity index is 2.00. The van der Waals surface area contributed by atoms with Crippen molar-refractivity contribution in [2.75, 3.05) is 26.2 Å². The first-order chi connectivity index (χ1) is 8.75. The zero-order valence-electron chi connectivity index (χ0n) is 10.2. The quantitative estimate of drug-likeness (QED) is 0.615. The molecule has 1 aromatic rings. The van der Waals surface area contributed by atoms with Gasteiger partial charge in [0.2, 0.25) is 0 Å². The molecule has 98 valence electrons. The molecule has 0 unspecified atom stereocenters. The Kier molecular flexibility index (Phi) is 4.49. The molecule has 1 aromatic heterocycles. The molecule has 6 heteroatoms. The zero-order chi connectivity index (χ0) is 12.8. The molecule has 0 spiro atoms. The third-order valence-electron chi connectivity index (χ3n) is 2.86. The first kappa shape index (κ1) is 12.8. The Morgan fingerprint density at radius 1 is 1.17 bits per heavy atom. The molecular weight excluding hydrogens is 232 g/mol. The van der Waals surface area contributed by atoms with Gasteiger partial charge in [0.25, 0.3) is 0 Å². The number of hydrogen-bond acceptors (Lipinski definition) is 4. The van der Waals surface area contributed by atoms with Crippen molar-refractivity contribution >= 4 is 6.09 Å². The molecule has 6 nitrogen and oxygen atoms in total. The molecule has 1 aliphatic heterocycles. The fourth-order valence-corrected chi connectivity index (χ4v) is 1.89. The minimum absolute atomic E-state index is 0.497. The van der Waals surface area contributed by atoms with Crippen LogP contribution in [0.2, 0.25) is 0 Å². The summed E-state index contributed by atoms with van der Waals surface area (Å²) in [7, 11) is 0. The van der Waals surface area contributed by atoms with Gasteiger partial charge in [-0.25, -0.2) is 4.79 Å². The van der Waals surface area contributed by atoms with Gasteiger partial charge >= 0.3 is 6.09 Å². The van der Waals surface area contributed by atoms with Crippen molar-refractivity contribution in [3.63, 3.8) is 0 Å². The number of nitrogens with one attached hydrogen (secondary N) is 2. The van der Waals surface area contributed by atoms with Gasteiger partial charge in [0.1, 0.15) is 0 Å². The van der Waals surface area contributed by atoms with Crippen LogP contribution in [0.3, 0.4) is 0 Å². The standard InChI is InChI=1S/C12H18N4O2/c17-12(18)16-6-4-13-8-10-2-1-3-11(15-10)9-14-5-7-16/h1-3,13-14H,4-9H2,(H,17,18). The predicted molar refractivity (Wildman–Crippen MR) is 67.2 cm³/mol. The van der Waals surface area contributed by atoms with Crippen LogP contribution >= 0.6 is 0 Å². The molecule has 0 saturated carbocycles. The number of rotatable bonds is 0. The monoisotopic (exact) mass is 250 g/mol. The van der Waals surface area contributed by atoms with E-state index in [1.807, 2.05) is 18.2 Å². The second-order valence-corrected chi connectivity index (χ2v) is 4.24. The summed E-state index contributed by atoms with van der Waals surface area (Å²) in [6, 6.07) is 5.94. The van der Waals surface area contributed by atoms with Crippen LogP contribution in [-0.4, -0.2) is 47.3 Å². The molecular formula is C12H18N4O2. The highest BCUT2D eigenvalue weighted by Crippen LogP contribution is 2.00. The van der Waals surface area contributed by atoms with Crippen molar-refractivity contribution in [2.24, 2.45) is 0 Å². The van der Waals surface area contributed by atoms with Crippen LogP contribution in [0.5, 0.6) is 0 Å². The fraction of sp³-hybridized carbons (Fsp3) is 0.500. The van der Waals surface area contributed by atoms with Crippen LogP contribution in [-0.2, 0) is 13.1 Å². The van der Waals surface area contributed by atoms with Crippen molar-refractivity contribution in [3.05, 3.63) is 29.6 Å². The molecule has 0 aromatic carbocycles. The minimum atomic E-state index is -0.868. The third kappa shape index (κ3) is 3.68. The first-order valence-corrected chi connectivity index (χ1v) is 6.10. The van der Waals surface area contributed by atoms with Crippen LogP contribution in [0.4, 0.5) is 4.79 Å². The van der Waals surface area contributed by atoms with Gasteiger partial charge in [-0.3, -0.25) is 4.98 Å². The molecule has 1 amide bonds. The smallest absolute Gasteiger partial charge is 0.407 e. The average Bonchev–Trinajstić information content (AvgIpc) is 2.35. The van der Waals surface area contributed by atoms with Gasteiger partial charge < -0.3 is 20.6 Å². The summed E-state index contributed by atoms with van der Waals surface area (Å²) < 4.78 is 0. The summed E-state index contributed by atoms with van der Waals surface area (Å²) in [5.74, 6) is 0. The third-order valence-corrected chi connectivity index (χ3v) is 2.86. The van der Waals surface area contributed by atoms with E-state index in [1.54, 1.807) is 0 Å². The molecule has 2 rings (SSSR count). The SMILES string of the molecule is O=C(O)N1CCNCc2cccc(n2)CNCC1. The summed E-state index contributed by atoms with van der Waals surface area (Å²) in [4.78, 5) is 16.9. The summed E-state index contributed by atoms with van der Waals surface area (Å²) >= 11 is 0. The molecule has 0 fully saturated rings. The van der Waals surface area contributed by atoms with E-state index < -0.39 is 6.09 Å². The lowest BCUT2D eigenvalue weighted by molar-refractivity contribution is 0.145. The number of hydrogen-bond donors (Lipinski definition) is 3. The van der Waals surface area contributed by atoms with E-state index in [1.165, 1.54) is 4.90 Å². The number of aromatic nitrogens is 1. The van der Waals surface area contributed by atoms with E-state index >= 15 is 0 Å². The van der Waals surface area contributed by atoms with E-state index in [0.717, 1.165) is 11.4 Å². The van der Waals surface area contributed by atoms with Crippen molar-refractivity contribution in [1.82, 2.24) is 20.5 Å². The topological polar surface area (TPSA) is 77.5 Å². The normalized spacial score (nSPS) is 17.7. The molecule has 1 aliphatic rings. The molecule has 3 N–H and O–H groups in total. The highest BCUT2D eigenvalue weighted by atomic mass is 16.4. The van der Waals surface area contributed by atoms with Crippen LogP contribution < -0.4 is 10.6 Å². The lowest BCUT2D eigenvalue weighted by Gasteiger charge is -2.20. The second kappa shape index (κ2) is 6.32. The summed E-state index contributed by atoms with van der Waals surface area (Å²) in [5, 5.41) is 15.4. The lowest BCUT2D eigenvalue weighted by atomic mass is 10.3. The largest absolute Gasteiger partial charge is 0.465 e. The Morgan fingerprint density at radius 3 is 2.22 bits per heavy atom. The maximum absolute atomic E-state index is 11.0. The Morgan fingerprint density at radius 2 is 1.72 bits per heavy atom. The number of nitrogens with zero attached hydrogens (tertiary/aromatic N) is 2. The van der Waals surface area contributed by atoms with Crippen molar-refractivity contribution in [2.45, 2.75) is 13.1 Å². The molecule has 18 heavy (non-hydrogen) atoms. The Bertz CT molecular complexity index is 384. The number of fused-ring (bicyclic) bond motifs is 2. The minimum Gasteiger partial charge on any atom is -0.465 e. The molecule has 0 radical (unpaired) electrons. The van der Waals surface area contributed by atoms with E-state index in [2.05, 4.69) is 15.6 Å². The number of carbonyl (C=O) groups is 1. The Hall–Kier alpha value is -1.66. The van der Waals surface area contributed by atoms with E-state index in [0.29, 0.717) is 39.3 Å². The van der Waals surface area contributed by atoms with Crippen LogP contribution in [0, 0.1) is 0 Å². The molecule has 0 saturated heterocycles. The van der Waals surface area contributed by atoms with Crippen LogP contribution in [0.25, 0.3) is 0 Å². The maximum Gasteiger partial charge on any atom is 0.407 e. The van der Waals surface area contributed by atoms with Gasteiger partial charge in [-0.15, -0.1) is 0 Å². The lowest BCUT2D eigenvalue weighted by Crippen LogP contribution is -2.40. The average molecular weight is 250 g/mol. The highest BCUT2D eigenvalue weighted by molar-refractivity contribution is 5.64. The van der Waals surface area contributed by atoms with E-state index in [4.69, 9.17) is 5.11 Å². The zero-order valence-corrected chi connectivity index (χ0v) is 10.2. The van der Waals surface area contributed by atoms with Gasteiger partial charge in [-0.1, -0.05) is 6.07 Å². The van der Waals surface area contributed by atoms with Gasteiger partial charge in [0.05, 0.1) is 11.4 Å². The van der Waals surface area contributed by atoms with E-state index in [9.17, 15) is 4.79 Å². The Labute approximate surface area is 106 Å². The van der Waals surface area contributed by atoms with Gasteiger partial charge in [0, 0.05) is 39.3 Å².